The number of nitrogens with one attached hydrogen (secondary N) is 1. The number of nitrogen functional groups attached to an aromatic ring is 1. The zero-order valence-electron chi connectivity index (χ0n) is 11.3. The Kier molecular flexibility index (Phi) is 3.61. The first-order chi connectivity index (χ1) is 10.2. The molecule has 0 saturated carbocycles. The van der Waals surface area contributed by atoms with Crippen molar-refractivity contribution in [3.8, 4) is 0 Å². The number of anilines is 1. The number of nitrogens with two attached hydrogens (primary N) is 1. The second-order valence-electron chi connectivity index (χ2n) is 4.51. The maximum atomic E-state index is 11.7. The highest BCUT2D eigenvalue weighted by molar-refractivity contribution is 7.99. The quantitative estimate of drug-likeness (QED) is 0.560. The lowest BCUT2D eigenvalue weighted by Crippen LogP contribution is -2.09. The van der Waals surface area contributed by atoms with E-state index in [0.717, 1.165) is 23.4 Å². The number of H-pyrrole nitrogens is 1. The summed E-state index contributed by atoms with van der Waals surface area (Å²) in [4.78, 5) is 19.6. The smallest absolute Gasteiger partial charge is 0.251 e. The number of nitrogens with zero attached hydrogens (tertiary/aromatic N) is 3. The molecule has 1 aromatic carbocycles. The standard InChI is InChI=1S/C13H13N5O2S/c1-2-3-7-6-10(19)16-13(15-7)21-9-5-4-8(14)11-12(9)18-20-17-11/h4-6H,2-3,14H2,1H3,(H,15,16,19). The van der Waals surface area contributed by atoms with E-state index in [-0.39, 0.29) is 5.56 Å². The lowest BCUT2D eigenvalue weighted by atomic mass is 10.2. The van der Waals surface area contributed by atoms with Crippen molar-refractivity contribution >= 4 is 28.5 Å². The minimum absolute atomic E-state index is 0.166. The first-order valence-corrected chi connectivity index (χ1v) is 7.28. The molecule has 0 spiro atoms. The summed E-state index contributed by atoms with van der Waals surface area (Å²) in [6.07, 6.45) is 1.69. The Hall–Kier alpha value is -2.35. The van der Waals surface area contributed by atoms with Gasteiger partial charge >= 0.3 is 0 Å². The second kappa shape index (κ2) is 5.57. The van der Waals surface area contributed by atoms with Gasteiger partial charge in [0.25, 0.3) is 5.56 Å². The van der Waals surface area contributed by atoms with Gasteiger partial charge in [0.15, 0.2) is 16.2 Å². The van der Waals surface area contributed by atoms with E-state index in [2.05, 4.69) is 20.3 Å². The number of rotatable bonds is 4. The molecule has 2 aromatic heterocycles. The number of hydrogen-bond donors (Lipinski definition) is 2. The van der Waals surface area contributed by atoms with E-state index >= 15 is 0 Å². The molecular weight excluding hydrogens is 290 g/mol. The van der Waals surface area contributed by atoms with E-state index in [1.54, 1.807) is 12.1 Å². The van der Waals surface area contributed by atoms with Gasteiger partial charge in [-0.25, -0.2) is 9.61 Å². The number of aromatic amines is 1. The fourth-order valence-corrected chi connectivity index (χ4v) is 2.86. The Labute approximate surface area is 123 Å². The molecule has 0 saturated heterocycles. The van der Waals surface area contributed by atoms with Crippen LogP contribution in [0.4, 0.5) is 5.69 Å². The van der Waals surface area contributed by atoms with Crippen LogP contribution in [0.25, 0.3) is 11.0 Å². The zero-order chi connectivity index (χ0) is 14.8. The molecule has 7 nitrogen and oxygen atoms in total. The molecule has 0 fully saturated rings. The fraction of sp³-hybridized carbons (Fsp3) is 0.231. The summed E-state index contributed by atoms with van der Waals surface area (Å²) in [6, 6.07) is 5.05. The number of aryl methyl sites for hydroxylation is 1. The number of benzene rings is 1. The molecule has 0 aliphatic heterocycles. The van der Waals surface area contributed by atoms with Crippen LogP contribution in [0, 0.1) is 0 Å². The van der Waals surface area contributed by atoms with E-state index in [9.17, 15) is 4.79 Å². The molecular formula is C13H13N5O2S. The molecule has 0 aliphatic rings. The van der Waals surface area contributed by atoms with Crippen molar-refractivity contribution in [1.82, 2.24) is 20.3 Å². The molecule has 0 atom stereocenters. The maximum absolute atomic E-state index is 11.7. The van der Waals surface area contributed by atoms with E-state index in [1.807, 2.05) is 6.92 Å². The monoisotopic (exact) mass is 303 g/mol. The van der Waals surface area contributed by atoms with Gasteiger partial charge in [0.1, 0.15) is 0 Å². The Morgan fingerprint density at radius 3 is 2.95 bits per heavy atom. The van der Waals surface area contributed by atoms with Crippen LogP contribution in [0.5, 0.6) is 0 Å². The van der Waals surface area contributed by atoms with Crippen molar-refractivity contribution in [3.63, 3.8) is 0 Å². The van der Waals surface area contributed by atoms with Crippen LogP contribution < -0.4 is 11.3 Å². The summed E-state index contributed by atoms with van der Waals surface area (Å²) in [5.41, 5.74) is 7.97. The molecule has 2 heterocycles. The molecule has 0 radical (unpaired) electrons. The van der Waals surface area contributed by atoms with Crippen LogP contribution in [0.3, 0.4) is 0 Å². The van der Waals surface area contributed by atoms with Gasteiger partial charge in [-0.05, 0) is 40.6 Å². The van der Waals surface area contributed by atoms with Gasteiger partial charge in [0, 0.05) is 16.7 Å². The number of aromatic nitrogens is 4. The van der Waals surface area contributed by atoms with Gasteiger partial charge in [-0.15, -0.1) is 0 Å². The van der Waals surface area contributed by atoms with Gasteiger partial charge in [-0.3, -0.25) is 4.79 Å². The van der Waals surface area contributed by atoms with Crippen LogP contribution in [0.15, 0.2) is 37.7 Å². The predicted octanol–water partition coefficient (Wildman–Crippen LogP) is 1.99. The van der Waals surface area contributed by atoms with Gasteiger partial charge in [-0.1, -0.05) is 13.3 Å². The van der Waals surface area contributed by atoms with E-state index in [1.165, 1.54) is 17.8 Å². The average molecular weight is 303 g/mol. The maximum Gasteiger partial charge on any atom is 0.251 e. The largest absolute Gasteiger partial charge is 0.397 e. The van der Waals surface area contributed by atoms with Crippen LogP contribution >= 0.6 is 11.8 Å². The Morgan fingerprint density at radius 1 is 1.33 bits per heavy atom. The van der Waals surface area contributed by atoms with E-state index in [4.69, 9.17) is 10.4 Å². The summed E-state index contributed by atoms with van der Waals surface area (Å²) in [5.74, 6) is 0. The topological polar surface area (TPSA) is 111 Å². The highest BCUT2D eigenvalue weighted by atomic mass is 32.2. The van der Waals surface area contributed by atoms with Crippen molar-refractivity contribution in [2.24, 2.45) is 0 Å². The summed E-state index contributed by atoms with van der Waals surface area (Å²) >= 11 is 1.30. The molecule has 0 unspecified atom stereocenters. The third-order valence-corrected chi connectivity index (χ3v) is 3.83. The van der Waals surface area contributed by atoms with Crippen molar-refractivity contribution < 1.29 is 4.63 Å². The number of hydrogen-bond acceptors (Lipinski definition) is 7. The minimum Gasteiger partial charge on any atom is -0.397 e. The van der Waals surface area contributed by atoms with Gasteiger partial charge in [0.2, 0.25) is 0 Å². The fourth-order valence-electron chi connectivity index (χ4n) is 1.97. The first-order valence-electron chi connectivity index (χ1n) is 6.46. The molecule has 108 valence electrons. The predicted molar refractivity (Wildman–Crippen MR) is 79.2 cm³/mol. The summed E-state index contributed by atoms with van der Waals surface area (Å²) in [6.45, 7) is 2.04. The Morgan fingerprint density at radius 2 is 2.14 bits per heavy atom. The Bertz CT molecular complexity index is 842. The average Bonchev–Trinajstić information content (AvgIpc) is 2.92. The summed E-state index contributed by atoms with van der Waals surface area (Å²) in [5, 5.41) is 8.13. The van der Waals surface area contributed by atoms with Gasteiger partial charge in [0.05, 0.1) is 5.69 Å². The molecule has 3 aromatic rings. The minimum atomic E-state index is -0.166. The Balaban J connectivity index is 2.00. The third-order valence-electron chi connectivity index (χ3n) is 2.90. The zero-order valence-corrected chi connectivity index (χ0v) is 12.1. The first kappa shape index (κ1) is 13.6. The third kappa shape index (κ3) is 2.75. The highest BCUT2D eigenvalue weighted by Gasteiger charge is 2.12. The molecule has 3 N–H and O–H groups in total. The molecule has 0 bridgehead atoms. The van der Waals surface area contributed by atoms with Crippen LogP contribution in [0.1, 0.15) is 19.0 Å². The van der Waals surface area contributed by atoms with Crippen molar-refractivity contribution in [2.75, 3.05) is 5.73 Å². The normalized spacial score (nSPS) is 11.1. The van der Waals surface area contributed by atoms with Crippen molar-refractivity contribution in [3.05, 3.63) is 34.2 Å². The number of fused-ring (bicyclic) bond motifs is 1. The lowest BCUT2D eigenvalue weighted by Gasteiger charge is -2.04. The highest BCUT2D eigenvalue weighted by Crippen LogP contribution is 2.32. The van der Waals surface area contributed by atoms with Gasteiger partial charge < -0.3 is 10.7 Å². The molecule has 21 heavy (non-hydrogen) atoms. The summed E-state index contributed by atoms with van der Waals surface area (Å²) in [7, 11) is 0. The molecule has 8 heteroatoms. The molecule has 0 amide bonds. The van der Waals surface area contributed by atoms with E-state index in [0.29, 0.717) is 21.9 Å². The molecule has 3 rings (SSSR count). The van der Waals surface area contributed by atoms with Crippen LogP contribution in [-0.4, -0.2) is 20.3 Å². The summed E-state index contributed by atoms with van der Waals surface area (Å²) < 4.78 is 4.72. The van der Waals surface area contributed by atoms with Crippen LogP contribution in [0.2, 0.25) is 0 Å². The van der Waals surface area contributed by atoms with E-state index < -0.39 is 0 Å². The van der Waals surface area contributed by atoms with Crippen molar-refractivity contribution in [2.45, 2.75) is 29.8 Å². The molecule has 0 aliphatic carbocycles. The van der Waals surface area contributed by atoms with Gasteiger partial charge in [-0.2, -0.15) is 0 Å². The second-order valence-corrected chi connectivity index (χ2v) is 5.54. The lowest BCUT2D eigenvalue weighted by molar-refractivity contribution is 0.315. The van der Waals surface area contributed by atoms with Crippen molar-refractivity contribution in [1.29, 1.82) is 0 Å². The SMILES string of the molecule is CCCc1cc(=O)[nH]c(Sc2ccc(N)c3nonc23)n1. The van der Waals surface area contributed by atoms with Crippen LogP contribution in [-0.2, 0) is 6.42 Å².